The van der Waals surface area contributed by atoms with Crippen LogP contribution in [0.5, 0.6) is 0 Å². The first-order valence-corrected chi connectivity index (χ1v) is 4.37. The first kappa shape index (κ1) is 9.48. The van der Waals surface area contributed by atoms with Crippen LogP contribution in [-0.2, 0) is 9.53 Å². The number of hydrogen-bond donors (Lipinski definition) is 1. The van der Waals surface area contributed by atoms with E-state index in [1.54, 1.807) is 0 Å². The molecule has 1 rings (SSSR count). The molecule has 0 saturated carbocycles. The second-order valence-corrected chi connectivity index (χ2v) is 3.02. The lowest BCUT2D eigenvalue weighted by molar-refractivity contribution is -0.118. The summed E-state index contributed by atoms with van der Waals surface area (Å²) in [6, 6.07) is 0. The molecule has 0 aromatic carbocycles. The van der Waals surface area contributed by atoms with E-state index in [4.69, 9.17) is 10.5 Å². The fourth-order valence-corrected chi connectivity index (χ4v) is 1.30. The lowest BCUT2D eigenvalue weighted by Gasteiger charge is -2.26. The first-order chi connectivity index (χ1) is 5.79. The van der Waals surface area contributed by atoms with Crippen LogP contribution >= 0.6 is 0 Å². The monoisotopic (exact) mass is 172 g/mol. The topological polar surface area (TPSA) is 55.6 Å². The molecule has 70 valence electrons. The van der Waals surface area contributed by atoms with Gasteiger partial charge in [0.15, 0.2) is 0 Å². The average Bonchev–Trinajstić information content (AvgIpc) is 2.05. The Morgan fingerprint density at radius 3 is 2.67 bits per heavy atom. The molecule has 2 N–H and O–H groups in total. The predicted molar refractivity (Wildman–Crippen MR) is 45.7 cm³/mol. The van der Waals surface area contributed by atoms with E-state index in [1.807, 2.05) is 0 Å². The molecule has 1 fully saturated rings. The van der Waals surface area contributed by atoms with E-state index in [0.717, 1.165) is 39.3 Å². The SMILES string of the molecule is NC(=O)CCCN1CCOCC1. The third-order valence-corrected chi connectivity index (χ3v) is 2.00. The van der Waals surface area contributed by atoms with Crippen LogP contribution in [0.3, 0.4) is 0 Å². The van der Waals surface area contributed by atoms with Crippen LogP contribution in [-0.4, -0.2) is 43.7 Å². The molecule has 1 aliphatic heterocycles. The molecule has 1 amide bonds. The largest absolute Gasteiger partial charge is 0.379 e. The normalized spacial score (nSPS) is 19.3. The van der Waals surface area contributed by atoms with Gasteiger partial charge in [-0.2, -0.15) is 0 Å². The highest BCUT2D eigenvalue weighted by molar-refractivity contribution is 5.73. The number of hydrogen-bond acceptors (Lipinski definition) is 3. The third kappa shape index (κ3) is 3.69. The Hall–Kier alpha value is -0.610. The Morgan fingerprint density at radius 1 is 1.42 bits per heavy atom. The molecule has 0 radical (unpaired) electrons. The second kappa shape index (κ2) is 5.11. The smallest absolute Gasteiger partial charge is 0.217 e. The standard InChI is InChI=1S/C8H16N2O2/c9-8(11)2-1-3-10-4-6-12-7-5-10/h1-7H2,(H2,9,11). The summed E-state index contributed by atoms with van der Waals surface area (Å²) in [5.41, 5.74) is 5.03. The lowest BCUT2D eigenvalue weighted by atomic mass is 10.2. The Kier molecular flexibility index (Phi) is 4.04. The highest BCUT2D eigenvalue weighted by atomic mass is 16.5. The second-order valence-electron chi connectivity index (χ2n) is 3.02. The zero-order valence-electron chi connectivity index (χ0n) is 7.29. The van der Waals surface area contributed by atoms with Crippen molar-refractivity contribution < 1.29 is 9.53 Å². The number of amides is 1. The van der Waals surface area contributed by atoms with Gasteiger partial charge in [-0.05, 0) is 13.0 Å². The molecule has 1 saturated heterocycles. The van der Waals surface area contributed by atoms with E-state index in [9.17, 15) is 4.79 Å². The first-order valence-electron chi connectivity index (χ1n) is 4.37. The van der Waals surface area contributed by atoms with E-state index >= 15 is 0 Å². The summed E-state index contributed by atoms with van der Waals surface area (Å²) in [6.45, 7) is 4.57. The van der Waals surface area contributed by atoms with Crippen LogP contribution in [0, 0.1) is 0 Å². The molecule has 0 spiro atoms. The van der Waals surface area contributed by atoms with Crippen molar-refractivity contribution in [1.82, 2.24) is 4.90 Å². The number of ether oxygens (including phenoxy) is 1. The number of morpholine rings is 1. The molecule has 0 unspecified atom stereocenters. The van der Waals surface area contributed by atoms with Crippen molar-refractivity contribution in [3.8, 4) is 0 Å². The van der Waals surface area contributed by atoms with E-state index in [-0.39, 0.29) is 5.91 Å². The van der Waals surface area contributed by atoms with Crippen molar-refractivity contribution in [2.24, 2.45) is 5.73 Å². The fraction of sp³-hybridized carbons (Fsp3) is 0.875. The molecule has 12 heavy (non-hydrogen) atoms. The van der Waals surface area contributed by atoms with Gasteiger partial charge in [-0.1, -0.05) is 0 Å². The van der Waals surface area contributed by atoms with Crippen molar-refractivity contribution in [3.05, 3.63) is 0 Å². The number of carbonyl (C=O) groups is 1. The molecule has 0 bridgehead atoms. The zero-order chi connectivity index (χ0) is 8.81. The summed E-state index contributed by atoms with van der Waals surface area (Å²) in [5, 5.41) is 0. The van der Waals surface area contributed by atoms with Gasteiger partial charge in [-0.3, -0.25) is 9.69 Å². The van der Waals surface area contributed by atoms with Crippen LogP contribution in [0.4, 0.5) is 0 Å². The summed E-state index contributed by atoms with van der Waals surface area (Å²) >= 11 is 0. The van der Waals surface area contributed by atoms with E-state index in [0.29, 0.717) is 6.42 Å². The van der Waals surface area contributed by atoms with Crippen molar-refractivity contribution >= 4 is 5.91 Å². The van der Waals surface area contributed by atoms with Crippen LogP contribution < -0.4 is 5.73 Å². The maximum Gasteiger partial charge on any atom is 0.217 e. The summed E-state index contributed by atoms with van der Waals surface area (Å²) in [5.74, 6) is -0.205. The summed E-state index contributed by atoms with van der Waals surface area (Å²) in [6.07, 6.45) is 1.37. The Balaban J connectivity index is 2.01. The molecule has 0 aromatic heterocycles. The number of carbonyl (C=O) groups excluding carboxylic acids is 1. The van der Waals surface area contributed by atoms with E-state index in [2.05, 4.69) is 4.90 Å². The third-order valence-electron chi connectivity index (χ3n) is 2.00. The van der Waals surface area contributed by atoms with Gasteiger partial charge in [0.2, 0.25) is 5.91 Å². The molecule has 1 aliphatic rings. The Bertz CT molecular complexity index is 144. The Morgan fingerprint density at radius 2 is 2.08 bits per heavy atom. The summed E-state index contributed by atoms with van der Waals surface area (Å²) in [7, 11) is 0. The van der Waals surface area contributed by atoms with Gasteiger partial charge in [0.1, 0.15) is 0 Å². The maximum atomic E-state index is 10.4. The lowest BCUT2D eigenvalue weighted by Crippen LogP contribution is -2.37. The average molecular weight is 172 g/mol. The van der Waals surface area contributed by atoms with Crippen LogP contribution in [0.25, 0.3) is 0 Å². The zero-order valence-corrected chi connectivity index (χ0v) is 7.29. The Labute approximate surface area is 72.7 Å². The fourth-order valence-electron chi connectivity index (χ4n) is 1.30. The van der Waals surface area contributed by atoms with Crippen molar-refractivity contribution in [2.45, 2.75) is 12.8 Å². The van der Waals surface area contributed by atoms with Gasteiger partial charge in [0, 0.05) is 19.5 Å². The van der Waals surface area contributed by atoms with Gasteiger partial charge in [-0.15, -0.1) is 0 Å². The molecule has 0 aliphatic carbocycles. The van der Waals surface area contributed by atoms with Crippen molar-refractivity contribution in [1.29, 1.82) is 0 Å². The molecule has 0 atom stereocenters. The number of nitrogens with zero attached hydrogens (tertiary/aromatic N) is 1. The quantitative estimate of drug-likeness (QED) is 0.627. The van der Waals surface area contributed by atoms with Gasteiger partial charge in [0.05, 0.1) is 13.2 Å². The highest BCUT2D eigenvalue weighted by Gasteiger charge is 2.09. The van der Waals surface area contributed by atoms with E-state index < -0.39 is 0 Å². The maximum absolute atomic E-state index is 10.4. The van der Waals surface area contributed by atoms with Crippen LogP contribution in [0.15, 0.2) is 0 Å². The summed E-state index contributed by atoms with van der Waals surface area (Å²) < 4.78 is 5.19. The van der Waals surface area contributed by atoms with Gasteiger partial charge in [0.25, 0.3) is 0 Å². The van der Waals surface area contributed by atoms with Gasteiger partial charge < -0.3 is 10.5 Å². The molecule has 0 aromatic rings. The minimum atomic E-state index is -0.205. The van der Waals surface area contributed by atoms with Gasteiger partial charge in [-0.25, -0.2) is 0 Å². The van der Waals surface area contributed by atoms with Crippen LogP contribution in [0.1, 0.15) is 12.8 Å². The van der Waals surface area contributed by atoms with E-state index in [1.165, 1.54) is 0 Å². The van der Waals surface area contributed by atoms with Crippen molar-refractivity contribution in [3.63, 3.8) is 0 Å². The van der Waals surface area contributed by atoms with Crippen molar-refractivity contribution in [2.75, 3.05) is 32.8 Å². The minimum absolute atomic E-state index is 0.205. The predicted octanol–water partition coefficient (Wildman–Crippen LogP) is -0.416. The molecular formula is C8H16N2O2. The minimum Gasteiger partial charge on any atom is -0.379 e. The molecule has 1 heterocycles. The molecule has 4 nitrogen and oxygen atoms in total. The van der Waals surface area contributed by atoms with Crippen LogP contribution in [0.2, 0.25) is 0 Å². The number of rotatable bonds is 4. The number of nitrogens with two attached hydrogens (primary N) is 1. The highest BCUT2D eigenvalue weighted by Crippen LogP contribution is 1.99. The number of primary amides is 1. The van der Waals surface area contributed by atoms with Gasteiger partial charge >= 0.3 is 0 Å². The molecule has 4 heteroatoms. The summed E-state index contributed by atoms with van der Waals surface area (Å²) in [4.78, 5) is 12.7. The molecular weight excluding hydrogens is 156 g/mol.